The van der Waals surface area contributed by atoms with E-state index in [0.717, 1.165) is 52.0 Å². The molecule has 0 amide bonds. The SMILES string of the molecule is C=C1CCC[C@]2(C)C[C@H]3OC(=O)[C@H](CN4CCN(c5ccc(C)c(C)c5)CC4)[C@@H]3C[C@@H]12. The molecule has 1 aromatic carbocycles. The summed E-state index contributed by atoms with van der Waals surface area (Å²) in [6, 6.07) is 6.77. The van der Waals surface area contributed by atoms with Crippen molar-refractivity contribution in [3.05, 3.63) is 41.5 Å². The average molecular weight is 423 g/mol. The molecule has 2 heterocycles. The quantitative estimate of drug-likeness (QED) is 0.520. The van der Waals surface area contributed by atoms with Crippen molar-refractivity contribution in [1.82, 2.24) is 4.90 Å². The van der Waals surface area contributed by atoms with E-state index in [1.54, 1.807) is 0 Å². The first-order chi connectivity index (χ1) is 14.8. The molecule has 0 bridgehead atoms. The first-order valence-electron chi connectivity index (χ1n) is 12.3. The molecule has 0 radical (unpaired) electrons. The van der Waals surface area contributed by atoms with E-state index in [-0.39, 0.29) is 23.4 Å². The molecule has 4 aliphatic rings. The van der Waals surface area contributed by atoms with Crippen molar-refractivity contribution < 1.29 is 9.53 Å². The predicted octanol–water partition coefficient (Wildman–Crippen LogP) is 4.74. The van der Waals surface area contributed by atoms with Gasteiger partial charge in [-0.2, -0.15) is 0 Å². The van der Waals surface area contributed by atoms with Crippen LogP contribution in [0.3, 0.4) is 0 Å². The number of carbonyl (C=O) groups excluding carboxylic acids is 1. The van der Waals surface area contributed by atoms with E-state index in [9.17, 15) is 4.79 Å². The fourth-order valence-corrected chi connectivity index (χ4v) is 6.85. The highest BCUT2D eigenvalue weighted by Gasteiger charge is 2.55. The van der Waals surface area contributed by atoms with Crippen molar-refractivity contribution in [2.45, 2.75) is 59.0 Å². The highest BCUT2D eigenvalue weighted by Crippen LogP contribution is 2.56. The molecule has 0 N–H and O–H groups in total. The molecule has 1 aromatic rings. The second-order valence-electron chi connectivity index (χ2n) is 11.0. The average Bonchev–Trinajstić information content (AvgIpc) is 3.03. The van der Waals surface area contributed by atoms with Gasteiger partial charge < -0.3 is 9.64 Å². The molecule has 31 heavy (non-hydrogen) atoms. The van der Waals surface area contributed by atoms with Gasteiger partial charge in [-0.1, -0.05) is 25.1 Å². The van der Waals surface area contributed by atoms with Crippen LogP contribution in [0.15, 0.2) is 30.4 Å². The zero-order valence-electron chi connectivity index (χ0n) is 19.5. The van der Waals surface area contributed by atoms with Crippen LogP contribution in [0.2, 0.25) is 0 Å². The molecule has 4 heteroatoms. The smallest absolute Gasteiger partial charge is 0.310 e. The lowest BCUT2D eigenvalue weighted by Crippen LogP contribution is -2.50. The topological polar surface area (TPSA) is 32.8 Å². The zero-order chi connectivity index (χ0) is 21.8. The Labute approximate surface area is 187 Å². The Kier molecular flexibility index (Phi) is 5.40. The highest BCUT2D eigenvalue weighted by atomic mass is 16.6. The number of ether oxygens (including phenoxy) is 1. The lowest BCUT2D eigenvalue weighted by molar-refractivity contribution is -0.146. The minimum Gasteiger partial charge on any atom is -0.462 e. The molecule has 4 nitrogen and oxygen atoms in total. The monoisotopic (exact) mass is 422 g/mol. The molecule has 5 rings (SSSR count). The number of benzene rings is 1. The normalized spacial score (nSPS) is 36.2. The van der Waals surface area contributed by atoms with Crippen LogP contribution < -0.4 is 4.90 Å². The number of hydrogen-bond acceptors (Lipinski definition) is 4. The van der Waals surface area contributed by atoms with Crippen LogP contribution in [0, 0.1) is 37.0 Å². The van der Waals surface area contributed by atoms with Crippen molar-refractivity contribution >= 4 is 11.7 Å². The minimum absolute atomic E-state index is 0.0393. The van der Waals surface area contributed by atoms with Crippen LogP contribution in [0.25, 0.3) is 0 Å². The molecule has 5 atom stereocenters. The molecule has 2 saturated heterocycles. The summed E-state index contributed by atoms with van der Waals surface area (Å²) in [6.45, 7) is 16.1. The number of piperazine rings is 1. The van der Waals surface area contributed by atoms with Gasteiger partial charge >= 0.3 is 5.97 Å². The van der Waals surface area contributed by atoms with Crippen molar-refractivity contribution in [2.24, 2.45) is 23.2 Å². The predicted molar refractivity (Wildman–Crippen MR) is 125 cm³/mol. The summed E-state index contributed by atoms with van der Waals surface area (Å²) in [6.07, 6.45) is 5.91. The molecular weight excluding hydrogens is 384 g/mol. The summed E-state index contributed by atoms with van der Waals surface area (Å²) >= 11 is 0. The van der Waals surface area contributed by atoms with Crippen LogP contribution in [0.5, 0.6) is 0 Å². The Hall–Kier alpha value is -1.81. The third-order valence-electron chi connectivity index (χ3n) is 9.00. The van der Waals surface area contributed by atoms with Crippen LogP contribution in [-0.2, 0) is 9.53 Å². The Bertz CT molecular complexity index is 872. The van der Waals surface area contributed by atoms with Gasteiger partial charge in [-0.15, -0.1) is 0 Å². The van der Waals surface area contributed by atoms with Crippen molar-refractivity contribution in [1.29, 1.82) is 0 Å². The second kappa shape index (κ2) is 7.95. The van der Waals surface area contributed by atoms with E-state index in [0.29, 0.717) is 11.8 Å². The first kappa shape index (κ1) is 21.1. The Morgan fingerprint density at radius 3 is 2.68 bits per heavy atom. The molecule has 2 aliphatic heterocycles. The van der Waals surface area contributed by atoms with Gasteiger partial charge in [-0.25, -0.2) is 0 Å². The van der Waals surface area contributed by atoms with E-state index >= 15 is 0 Å². The molecule has 168 valence electrons. The number of anilines is 1. The summed E-state index contributed by atoms with van der Waals surface area (Å²) in [5.74, 6) is 1.04. The molecule has 2 aliphatic carbocycles. The van der Waals surface area contributed by atoms with Crippen molar-refractivity contribution in [2.75, 3.05) is 37.6 Å². The second-order valence-corrected chi connectivity index (χ2v) is 11.0. The molecular formula is C27H38N2O2. The number of carbonyl (C=O) groups is 1. The summed E-state index contributed by atoms with van der Waals surface area (Å²) in [4.78, 5) is 17.9. The fraction of sp³-hybridized carbons (Fsp3) is 0.667. The van der Waals surface area contributed by atoms with E-state index in [1.165, 1.54) is 35.2 Å². The van der Waals surface area contributed by atoms with Gasteiger partial charge in [0.25, 0.3) is 0 Å². The third-order valence-corrected chi connectivity index (χ3v) is 9.00. The van der Waals surface area contributed by atoms with Crippen LogP contribution in [-0.4, -0.2) is 49.7 Å². The number of nitrogens with zero attached hydrogens (tertiary/aromatic N) is 2. The molecule has 4 fully saturated rings. The number of aryl methyl sites for hydroxylation is 2. The summed E-state index contributed by atoms with van der Waals surface area (Å²) in [5.41, 5.74) is 5.73. The molecule has 0 aromatic heterocycles. The molecule has 0 spiro atoms. The van der Waals surface area contributed by atoms with E-state index in [1.807, 2.05) is 0 Å². The first-order valence-corrected chi connectivity index (χ1v) is 12.3. The fourth-order valence-electron chi connectivity index (χ4n) is 6.85. The van der Waals surface area contributed by atoms with Crippen LogP contribution >= 0.6 is 0 Å². The number of esters is 1. The zero-order valence-corrected chi connectivity index (χ0v) is 19.5. The maximum Gasteiger partial charge on any atom is 0.310 e. The number of allylic oxidation sites excluding steroid dienone is 1. The highest BCUT2D eigenvalue weighted by molar-refractivity contribution is 5.75. The van der Waals surface area contributed by atoms with Gasteiger partial charge in [0, 0.05) is 44.3 Å². The third kappa shape index (κ3) is 3.82. The number of rotatable bonds is 3. The van der Waals surface area contributed by atoms with Crippen molar-refractivity contribution in [3.8, 4) is 0 Å². The standard InChI is InChI=1S/C27H38N2O2/c1-18-7-8-21(14-20(18)3)29-12-10-28(11-13-29)17-23-22-15-24-19(2)6-5-9-27(24,4)16-25(22)31-26(23)30/h7-8,14,22-25H,2,5-6,9-13,15-17H2,1,3-4H3/t22-,23+,24-,25+,27+/m0/s1. The van der Waals surface area contributed by atoms with Gasteiger partial charge in [0.05, 0.1) is 5.92 Å². The number of hydrogen-bond donors (Lipinski definition) is 0. The van der Waals surface area contributed by atoms with Gasteiger partial charge in [0.2, 0.25) is 0 Å². The van der Waals surface area contributed by atoms with E-state index < -0.39 is 0 Å². The van der Waals surface area contributed by atoms with Gasteiger partial charge in [-0.3, -0.25) is 9.69 Å². The van der Waals surface area contributed by atoms with Crippen LogP contribution in [0.4, 0.5) is 5.69 Å². The Morgan fingerprint density at radius 1 is 1.16 bits per heavy atom. The lowest BCUT2D eigenvalue weighted by Gasteiger charge is -2.50. The molecule has 2 saturated carbocycles. The molecule has 0 unspecified atom stereocenters. The van der Waals surface area contributed by atoms with E-state index in [4.69, 9.17) is 4.74 Å². The van der Waals surface area contributed by atoms with Gasteiger partial charge in [0.15, 0.2) is 0 Å². The summed E-state index contributed by atoms with van der Waals surface area (Å²) in [5, 5.41) is 0. The summed E-state index contributed by atoms with van der Waals surface area (Å²) in [7, 11) is 0. The van der Waals surface area contributed by atoms with Gasteiger partial charge in [-0.05, 0) is 80.5 Å². The Morgan fingerprint density at radius 2 is 1.94 bits per heavy atom. The maximum atomic E-state index is 12.9. The Balaban J connectivity index is 1.22. The van der Waals surface area contributed by atoms with Crippen molar-refractivity contribution in [3.63, 3.8) is 0 Å². The van der Waals surface area contributed by atoms with Gasteiger partial charge in [0.1, 0.15) is 6.10 Å². The largest absolute Gasteiger partial charge is 0.462 e. The van der Waals surface area contributed by atoms with Crippen LogP contribution in [0.1, 0.15) is 50.2 Å². The number of fused-ring (bicyclic) bond motifs is 2. The summed E-state index contributed by atoms with van der Waals surface area (Å²) < 4.78 is 5.98. The lowest BCUT2D eigenvalue weighted by atomic mass is 9.55. The van der Waals surface area contributed by atoms with E-state index in [2.05, 4.69) is 55.3 Å². The minimum atomic E-state index is 0.0393. The maximum absolute atomic E-state index is 12.9.